The predicted molar refractivity (Wildman–Crippen MR) is 73.8 cm³/mol. The fourth-order valence-corrected chi connectivity index (χ4v) is 2.63. The topological polar surface area (TPSA) is 63.5 Å². The molecular formula is C14H18N2O3. The monoisotopic (exact) mass is 262 g/mol. The first-order valence-electron chi connectivity index (χ1n) is 6.56. The van der Waals surface area contributed by atoms with Crippen LogP contribution < -0.4 is 4.90 Å². The van der Waals surface area contributed by atoms with E-state index in [1.807, 2.05) is 6.07 Å². The van der Waals surface area contributed by atoms with Gasteiger partial charge in [0.1, 0.15) is 0 Å². The molecule has 0 radical (unpaired) electrons. The van der Waals surface area contributed by atoms with E-state index in [1.54, 1.807) is 6.07 Å². The molecule has 1 aliphatic rings. The van der Waals surface area contributed by atoms with E-state index in [4.69, 9.17) is 0 Å². The van der Waals surface area contributed by atoms with Crippen LogP contribution in [0.4, 0.5) is 11.4 Å². The first kappa shape index (κ1) is 13.5. The van der Waals surface area contributed by atoms with Gasteiger partial charge in [0.15, 0.2) is 5.78 Å². The summed E-state index contributed by atoms with van der Waals surface area (Å²) in [6.07, 6.45) is 3.40. The molecule has 0 aromatic heterocycles. The van der Waals surface area contributed by atoms with Crippen molar-refractivity contribution in [2.45, 2.75) is 39.2 Å². The smallest absolute Gasteiger partial charge is 0.282 e. The lowest BCUT2D eigenvalue weighted by atomic mass is 10.0. The molecule has 2 rings (SSSR count). The average molecular weight is 262 g/mol. The summed E-state index contributed by atoms with van der Waals surface area (Å²) in [6.45, 7) is 4.40. The summed E-state index contributed by atoms with van der Waals surface area (Å²) in [5, 5.41) is 11.1. The van der Waals surface area contributed by atoms with Gasteiger partial charge in [0.25, 0.3) is 5.69 Å². The zero-order chi connectivity index (χ0) is 14.0. The lowest BCUT2D eigenvalue weighted by Gasteiger charge is -2.35. The SMILES string of the molecule is CC(=O)c1ccc(N2CCCCC2C)cc1[N+](=O)[O-]. The Morgan fingerprint density at radius 2 is 2.16 bits per heavy atom. The van der Waals surface area contributed by atoms with Crippen LogP contribution in [0.25, 0.3) is 0 Å². The summed E-state index contributed by atoms with van der Waals surface area (Å²) >= 11 is 0. The van der Waals surface area contributed by atoms with E-state index in [-0.39, 0.29) is 17.0 Å². The summed E-state index contributed by atoms with van der Waals surface area (Å²) in [4.78, 5) is 24.2. The molecule has 0 aliphatic carbocycles. The highest BCUT2D eigenvalue weighted by molar-refractivity contribution is 5.98. The van der Waals surface area contributed by atoms with Crippen LogP contribution in [0.5, 0.6) is 0 Å². The van der Waals surface area contributed by atoms with Gasteiger partial charge in [0.2, 0.25) is 0 Å². The molecule has 0 amide bonds. The van der Waals surface area contributed by atoms with Crippen LogP contribution in [-0.2, 0) is 0 Å². The number of rotatable bonds is 3. The number of carbonyl (C=O) groups is 1. The number of benzene rings is 1. The van der Waals surface area contributed by atoms with Crippen LogP contribution in [0.3, 0.4) is 0 Å². The number of ketones is 1. The van der Waals surface area contributed by atoms with Crippen molar-refractivity contribution in [2.75, 3.05) is 11.4 Å². The Morgan fingerprint density at radius 3 is 2.74 bits per heavy atom. The number of nitrogens with zero attached hydrogens (tertiary/aromatic N) is 2. The van der Waals surface area contributed by atoms with E-state index in [0.29, 0.717) is 6.04 Å². The number of nitro groups is 1. The summed E-state index contributed by atoms with van der Waals surface area (Å²) in [5.74, 6) is -0.273. The molecule has 0 saturated carbocycles. The first-order valence-corrected chi connectivity index (χ1v) is 6.56. The van der Waals surface area contributed by atoms with E-state index in [0.717, 1.165) is 25.1 Å². The van der Waals surface area contributed by atoms with Gasteiger partial charge in [-0.15, -0.1) is 0 Å². The minimum Gasteiger partial charge on any atom is -0.369 e. The fraction of sp³-hybridized carbons (Fsp3) is 0.500. The highest BCUT2D eigenvalue weighted by Crippen LogP contribution is 2.30. The molecule has 0 spiro atoms. The summed E-state index contributed by atoms with van der Waals surface area (Å²) in [7, 11) is 0. The minimum absolute atomic E-state index is 0.0947. The van der Waals surface area contributed by atoms with Crippen LogP contribution in [0.1, 0.15) is 43.5 Å². The molecular weight excluding hydrogens is 244 g/mol. The van der Waals surface area contributed by atoms with Crippen molar-refractivity contribution in [1.29, 1.82) is 0 Å². The number of anilines is 1. The van der Waals surface area contributed by atoms with E-state index in [1.165, 1.54) is 19.4 Å². The van der Waals surface area contributed by atoms with Crippen molar-refractivity contribution in [1.82, 2.24) is 0 Å². The molecule has 0 N–H and O–H groups in total. The minimum atomic E-state index is -0.477. The molecule has 19 heavy (non-hydrogen) atoms. The van der Waals surface area contributed by atoms with Crippen LogP contribution in [0.2, 0.25) is 0 Å². The van der Waals surface area contributed by atoms with Gasteiger partial charge in [0, 0.05) is 24.3 Å². The molecule has 1 heterocycles. The summed E-state index contributed by atoms with van der Waals surface area (Å²) in [5.41, 5.74) is 0.921. The molecule has 1 aromatic rings. The van der Waals surface area contributed by atoms with Gasteiger partial charge in [-0.25, -0.2) is 0 Å². The van der Waals surface area contributed by atoms with Crippen LogP contribution >= 0.6 is 0 Å². The van der Waals surface area contributed by atoms with Gasteiger partial charge >= 0.3 is 0 Å². The van der Waals surface area contributed by atoms with Crippen molar-refractivity contribution >= 4 is 17.2 Å². The second kappa shape index (κ2) is 5.38. The van der Waals surface area contributed by atoms with Gasteiger partial charge < -0.3 is 4.90 Å². The standard InChI is InChI=1S/C14H18N2O3/c1-10-5-3-4-8-15(10)12-6-7-13(11(2)17)14(9-12)16(18)19/h6-7,9-10H,3-5,8H2,1-2H3. The molecule has 1 aliphatic heterocycles. The van der Waals surface area contributed by atoms with Crippen molar-refractivity contribution in [3.05, 3.63) is 33.9 Å². The third-order valence-electron chi connectivity index (χ3n) is 3.69. The molecule has 1 atom stereocenters. The highest BCUT2D eigenvalue weighted by atomic mass is 16.6. The third kappa shape index (κ3) is 2.75. The fourth-order valence-electron chi connectivity index (χ4n) is 2.63. The second-order valence-corrected chi connectivity index (χ2v) is 5.05. The Hall–Kier alpha value is -1.91. The number of hydrogen-bond acceptors (Lipinski definition) is 4. The average Bonchev–Trinajstić information content (AvgIpc) is 2.38. The quantitative estimate of drug-likeness (QED) is 0.477. The summed E-state index contributed by atoms with van der Waals surface area (Å²) in [6, 6.07) is 5.29. The molecule has 1 aromatic carbocycles. The molecule has 0 bridgehead atoms. The normalized spacial score (nSPS) is 19.3. The van der Waals surface area contributed by atoms with Crippen LogP contribution in [0.15, 0.2) is 18.2 Å². The molecule has 1 fully saturated rings. The number of nitro benzene ring substituents is 1. The molecule has 5 nitrogen and oxygen atoms in total. The molecule has 1 unspecified atom stereocenters. The highest BCUT2D eigenvalue weighted by Gasteiger charge is 2.23. The predicted octanol–water partition coefficient (Wildman–Crippen LogP) is 3.18. The van der Waals surface area contributed by atoms with Crippen molar-refractivity contribution in [3.8, 4) is 0 Å². The number of hydrogen-bond donors (Lipinski definition) is 0. The first-order chi connectivity index (χ1) is 9.00. The van der Waals surface area contributed by atoms with E-state index < -0.39 is 4.92 Å². The molecule has 5 heteroatoms. The number of Topliss-reactive ketones (excluding diaryl/α,β-unsaturated/α-hetero) is 1. The van der Waals surface area contributed by atoms with Gasteiger partial charge in [0.05, 0.1) is 10.5 Å². The van der Waals surface area contributed by atoms with Gasteiger partial charge in [-0.2, -0.15) is 0 Å². The van der Waals surface area contributed by atoms with E-state index in [2.05, 4.69) is 11.8 Å². The van der Waals surface area contributed by atoms with E-state index >= 15 is 0 Å². The zero-order valence-corrected chi connectivity index (χ0v) is 11.3. The van der Waals surface area contributed by atoms with Crippen LogP contribution in [-0.4, -0.2) is 23.3 Å². The maximum absolute atomic E-state index is 11.4. The third-order valence-corrected chi connectivity index (χ3v) is 3.69. The Bertz CT molecular complexity index is 513. The van der Waals surface area contributed by atoms with Crippen molar-refractivity contribution in [2.24, 2.45) is 0 Å². The second-order valence-electron chi connectivity index (χ2n) is 5.05. The molecule has 1 saturated heterocycles. The maximum Gasteiger partial charge on any atom is 0.282 e. The Kier molecular flexibility index (Phi) is 3.83. The van der Waals surface area contributed by atoms with Gasteiger partial charge in [-0.3, -0.25) is 14.9 Å². The van der Waals surface area contributed by atoms with Gasteiger partial charge in [-0.1, -0.05) is 0 Å². The maximum atomic E-state index is 11.4. The van der Waals surface area contributed by atoms with Crippen LogP contribution in [0, 0.1) is 10.1 Å². The van der Waals surface area contributed by atoms with E-state index in [9.17, 15) is 14.9 Å². The Balaban J connectivity index is 2.40. The number of carbonyl (C=O) groups excluding carboxylic acids is 1. The number of piperidine rings is 1. The van der Waals surface area contributed by atoms with Gasteiger partial charge in [-0.05, 0) is 45.2 Å². The lowest BCUT2D eigenvalue weighted by Crippen LogP contribution is -2.37. The summed E-state index contributed by atoms with van der Waals surface area (Å²) < 4.78 is 0. The zero-order valence-electron chi connectivity index (χ0n) is 11.3. The molecule has 102 valence electrons. The Morgan fingerprint density at radius 1 is 1.42 bits per heavy atom. The van der Waals surface area contributed by atoms with Crippen molar-refractivity contribution < 1.29 is 9.72 Å². The van der Waals surface area contributed by atoms with Crippen molar-refractivity contribution in [3.63, 3.8) is 0 Å². The lowest BCUT2D eigenvalue weighted by molar-refractivity contribution is -0.385. The Labute approximate surface area is 112 Å². The largest absolute Gasteiger partial charge is 0.369 e.